The van der Waals surface area contributed by atoms with Crippen LogP contribution in [0.5, 0.6) is 0 Å². The van der Waals surface area contributed by atoms with Crippen LogP contribution in [0.15, 0.2) is 53.5 Å². The van der Waals surface area contributed by atoms with Gasteiger partial charge in [-0.2, -0.15) is 0 Å². The van der Waals surface area contributed by atoms with Crippen molar-refractivity contribution in [1.82, 2.24) is 24.9 Å². The zero-order valence-corrected chi connectivity index (χ0v) is 20.2. The Morgan fingerprint density at radius 3 is 2.53 bits per heavy atom. The van der Waals surface area contributed by atoms with Gasteiger partial charge in [0, 0.05) is 51.3 Å². The Hall–Kier alpha value is -3.10. The largest absolute Gasteiger partial charge is 0.340 e. The highest BCUT2D eigenvalue weighted by Crippen LogP contribution is 2.28. The number of aliphatic imine (C=N–C) groups is 1. The first-order valence-corrected chi connectivity index (χ1v) is 12.0. The Kier molecular flexibility index (Phi) is 6.18. The smallest absolute Gasteiger partial charge is 0.325 e. The molecule has 178 valence electrons. The second kappa shape index (κ2) is 9.27. The van der Waals surface area contributed by atoms with Crippen LogP contribution in [0.4, 0.5) is 4.79 Å². The number of imide groups is 1. The molecule has 2 saturated heterocycles. The van der Waals surface area contributed by atoms with Crippen molar-refractivity contribution in [1.29, 1.82) is 0 Å². The van der Waals surface area contributed by atoms with Gasteiger partial charge in [0.2, 0.25) is 0 Å². The summed E-state index contributed by atoms with van der Waals surface area (Å²) in [6, 6.07) is 15.1. The first kappa shape index (κ1) is 22.7. The number of hydrogen-bond donors (Lipinski definition) is 1. The minimum absolute atomic E-state index is 0.313. The average molecular weight is 481 g/mol. The predicted octanol–water partition coefficient (Wildman–Crippen LogP) is 2.51. The molecule has 34 heavy (non-hydrogen) atoms. The third-order valence-corrected chi connectivity index (χ3v) is 7.13. The lowest BCUT2D eigenvalue weighted by atomic mass is 10.1. The maximum Gasteiger partial charge on any atom is 0.325 e. The third-order valence-electron chi connectivity index (χ3n) is 6.89. The number of rotatable bonds is 4. The number of likely N-dealkylation sites (N-methyl/N-ethyl adjacent to an activating group) is 1. The molecule has 1 N–H and O–H groups in total. The van der Waals surface area contributed by atoms with Gasteiger partial charge >= 0.3 is 6.03 Å². The van der Waals surface area contributed by atoms with Gasteiger partial charge in [-0.25, -0.2) is 9.79 Å². The molecule has 2 atom stereocenters. The third kappa shape index (κ3) is 4.35. The Bertz CT molecular complexity index is 1130. The van der Waals surface area contributed by atoms with Crippen molar-refractivity contribution in [3.05, 3.63) is 70.2 Å². The van der Waals surface area contributed by atoms with E-state index in [1.54, 1.807) is 7.05 Å². The molecular weight excluding hydrogens is 452 g/mol. The van der Waals surface area contributed by atoms with E-state index in [1.165, 1.54) is 16.0 Å². The SMILES string of the molecule is Cc1ccccc1CN1CCN(C2=NC3C(C(=O)NC(=O)N3C)N2Cc2cccc(Cl)c2)CC1. The lowest BCUT2D eigenvalue weighted by Gasteiger charge is -2.40. The normalized spacial score (nSPS) is 23.1. The monoisotopic (exact) mass is 480 g/mol. The number of benzene rings is 2. The van der Waals surface area contributed by atoms with Crippen LogP contribution < -0.4 is 5.32 Å². The van der Waals surface area contributed by atoms with Crippen LogP contribution in [0.3, 0.4) is 0 Å². The molecule has 0 spiro atoms. The van der Waals surface area contributed by atoms with E-state index in [9.17, 15) is 9.59 Å². The summed E-state index contributed by atoms with van der Waals surface area (Å²) in [6.45, 7) is 6.95. The molecule has 8 nitrogen and oxygen atoms in total. The van der Waals surface area contributed by atoms with Crippen molar-refractivity contribution >= 4 is 29.5 Å². The molecule has 2 aromatic carbocycles. The lowest BCUT2D eigenvalue weighted by Crippen LogP contribution is -2.64. The van der Waals surface area contributed by atoms with Gasteiger partial charge in [-0.3, -0.25) is 15.0 Å². The molecule has 3 aliphatic heterocycles. The number of piperazine rings is 1. The highest BCUT2D eigenvalue weighted by molar-refractivity contribution is 6.30. The Labute approximate surface area is 204 Å². The summed E-state index contributed by atoms with van der Waals surface area (Å²) in [4.78, 5) is 38.3. The molecule has 0 aromatic heterocycles. The quantitative estimate of drug-likeness (QED) is 0.728. The number of hydrogen-bond acceptors (Lipinski definition) is 6. The molecular formula is C25H29ClN6O2. The van der Waals surface area contributed by atoms with Gasteiger partial charge in [-0.15, -0.1) is 0 Å². The number of guanidine groups is 1. The molecule has 0 saturated carbocycles. The molecule has 2 aromatic rings. The molecule has 2 unspecified atom stereocenters. The van der Waals surface area contributed by atoms with Gasteiger partial charge in [0.1, 0.15) is 0 Å². The van der Waals surface area contributed by atoms with E-state index in [1.807, 2.05) is 29.2 Å². The minimum Gasteiger partial charge on any atom is -0.340 e. The molecule has 2 fully saturated rings. The summed E-state index contributed by atoms with van der Waals surface area (Å²) in [5.74, 6) is 0.453. The second-order valence-electron chi connectivity index (χ2n) is 9.14. The van der Waals surface area contributed by atoms with Crippen molar-refractivity contribution in [2.75, 3.05) is 33.2 Å². The van der Waals surface area contributed by atoms with Crippen LogP contribution in [-0.2, 0) is 17.9 Å². The first-order chi connectivity index (χ1) is 16.4. The lowest BCUT2D eigenvalue weighted by molar-refractivity contribution is -0.127. The Morgan fingerprint density at radius 2 is 1.79 bits per heavy atom. The number of fused-ring (bicyclic) bond motifs is 1. The number of nitrogens with one attached hydrogen (secondary N) is 1. The molecule has 0 radical (unpaired) electrons. The van der Waals surface area contributed by atoms with Crippen LogP contribution in [-0.4, -0.2) is 82.9 Å². The highest BCUT2D eigenvalue weighted by Gasteiger charge is 2.49. The Morgan fingerprint density at radius 1 is 1.03 bits per heavy atom. The molecule has 3 amide bonds. The van der Waals surface area contributed by atoms with Gasteiger partial charge in [0.25, 0.3) is 5.91 Å². The topological polar surface area (TPSA) is 71.5 Å². The van der Waals surface area contributed by atoms with Crippen molar-refractivity contribution < 1.29 is 9.59 Å². The summed E-state index contributed by atoms with van der Waals surface area (Å²) >= 11 is 6.22. The van der Waals surface area contributed by atoms with E-state index < -0.39 is 18.2 Å². The van der Waals surface area contributed by atoms with Crippen LogP contribution >= 0.6 is 11.6 Å². The van der Waals surface area contributed by atoms with Crippen molar-refractivity contribution in [2.24, 2.45) is 4.99 Å². The number of nitrogens with zero attached hydrogens (tertiary/aromatic N) is 5. The number of aryl methyl sites for hydroxylation is 1. The molecule has 3 aliphatic rings. The van der Waals surface area contributed by atoms with E-state index >= 15 is 0 Å². The number of halogens is 1. The number of amides is 3. The zero-order chi connectivity index (χ0) is 23.8. The van der Waals surface area contributed by atoms with Gasteiger partial charge < -0.3 is 14.7 Å². The zero-order valence-electron chi connectivity index (χ0n) is 19.4. The molecule has 0 bridgehead atoms. The van der Waals surface area contributed by atoms with Gasteiger partial charge in [0.05, 0.1) is 0 Å². The van der Waals surface area contributed by atoms with Crippen LogP contribution in [0, 0.1) is 6.92 Å². The van der Waals surface area contributed by atoms with Crippen molar-refractivity contribution in [2.45, 2.75) is 32.2 Å². The number of carbonyl (C=O) groups excluding carboxylic acids is 2. The maximum atomic E-state index is 12.9. The average Bonchev–Trinajstić information content (AvgIpc) is 3.19. The van der Waals surface area contributed by atoms with E-state index in [0.717, 1.165) is 44.2 Å². The predicted molar refractivity (Wildman–Crippen MR) is 131 cm³/mol. The molecule has 9 heteroatoms. The van der Waals surface area contributed by atoms with E-state index in [4.69, 9.17) is 16.6 Å². The first-order valence-electron chi connectivity index (χ1n) is 11.6. The fourth-order valence-corrected chi connectivity index (χ4v) is 5.12. The van der Waals surface area contributed by atoms with Crippen molar-refractivity contribution in [3.63, 3.8) is 0 Å². The minimum atomic E-state index is -0.568. The van der Waals surface area contributed by atoms with E-state index in [2.05, 4.69) is 46.3 Å². The summed E-state index contributed by atoms with van der Waals surface area (Å²) < 4.78 is 0. The summed E-state index contributed by atoms with van der Waals surface area (Å²) in [5, 5.41) is 3.12. The fraction of sp³-hybridized carbons (Fsp3) is 0.400. The molecule has 0 aliphatic carbocycles. The van der Waals surface area contributed by atoms with Gasteiger partial charge in [0.15, 0.2) is 18.2 Å². The van der Waals surface area contributed by atoms with E-state index in [0.29, 0.717) is 11.6 Å². The van der Waals surface area contributed by atoms with Gasteiger partial charge in [-0.1, -0.05) is 48.0 Å². The van der Waals surface area contributed by atoms with Crippen LogP contribution in [0.25, 0.3) is 0 Å². The standard InChI is InChI=1S/C25H29ClN6O2/c1-17-6-3-4-8-19(17)16-30-10-12-31(13-11-30)24-27-22-21(23(33)28-25(34)29(22)2)32(24)15-18-7-5-9-20(26)14-18/h3-9,14,21-22H,10-13,15-16H2,1-2H3,(H,28,33,34). The summed E-state index contributed by atoms with van der Waals surface area (Å²) in [6.07, 6.45) is -0.541. The van der Waals surface area contributed by atoms with E-state index in [-0.39, 0.29) is 5.91 Å². The van der Waals surface area contributed by atoms with Crippen LogP contribution in [0.1, 0.15) is 16.7 Å². The second-order valence-corrected chi connectivity index (χ2v) is 9.58. The van der Waals surface area contributed by atoms with Crippen molar-refractivity contribution in [3.8, 4) is 0 Å². The number of urea groups is 1. The Balaban J connectivity index is 1.35. The van der Waals surface area contributed by atoms with Gasteiger partial charge in [-0.05, 0) is 35.7 Å². The molecule has 3 heterocycles. The highest BCUT2D eigenvalue weighted by atomic mass is 35.5. The molecule has 5 rings (SSSR count). The summed E-state index contributed by atoms with van der Waals surface area (Å²) in [5.41, 5.74) is 3.64. The number of carbonyl (C=O) groups is 2. The van der Waals surface area contributed by atoms with Crippen LogP contribution in [0.2, 0.25) is 5.02 Å². The summed E-state index contributed by atoms with van der Waals surface area (Å²) in [7, 11) is 1.68. The fourth-order valence-electron chi connectivity index (χ4n) is 4.91. The maximum absolute atomic E-state index is 12.9.